The summed E-state index contributed by atoms with van der Waals surface area (Å²) in [6.45, 7) is 5.65. The number of fused-ring (bicyclic) bond motifs is 1. The molecule has 2 fully saturated rings. The zero-order valence-corrected chi connectivity index (χ0v) is 14.2. The van der Waals surface area contributed by atoms with Gasteiger partial charge < -0.3 is 14.8 Å². The predicted octanol–water partition coefficient (Wildman–Crippen LogP) is 1.92. The minimum Gasteiger partial charge on any atom is -0.381 e. The third-order valence-corrected chi connectivity index (χ3v) is 5.11. The van der Waals surface area contributed by atoms with Crippen LogP contribution >= 0.6 is 0 Å². The van der Waals surface area contributed by atoms with Crippen molar-refractivity contribution in [1.82, 2.24) is 14.9 Å². The summed E-state index contributed by atoms with van der Waals surface area (Å²) in [7, 11) is 0. The summed E-state index contributed by atoms with van der Waals surface area (Å²) < 4.78 is 25.3. The second kappa shape index (κ2) is 7.59. The van der Waals surface area contributed by atoms with Gasteiger partial charge in [0.2, 0.25) is 0 Å². The molecule has 1 aromatic carbocycles. The molecule has 0 radical (unpaired) electrons. The van der Waals surface area contributed by atoms with Crippen LogP contribution in [0.2, 0.25) is 0 Å². The number of hydrogen-bond donors (Lipinski definition) is 1. The van der Waals surface area contributed by atoms with Crippen molar-refractivity contribution in [3.05, 3.63) is 30.3 Å². The molecule has 2 aliphatic heterocycles. The highest BCUT2D eigenvalue weighted by Gasteiger charge is 2.31. The maximum atomic E-state index is 14.3. The Morgan fingerprint density at radius 3 is 2.88 bits per heavy atom. The molecule has 134 valence electrons. The van der Waals surface area contributed by atoms with Gasteiger partial charge in [0.25, 0.3) is 0 Å². The van der Waals surface area contributed by atoms with Gasteiger partial charge in [0, 0.05) is 38.2 Å². The maximum Gasteiger partial charge on any atom is 0.140 e. The van der Waals surface area contributed by atoms with Gasteiger partial charge in [-0.05, 0) is 18.6 Å². The molecule has 2 aliphatic rings. The standard InChI is InChI=1S/C18H23FN4O2/c19-14-2-1-3-15-17(14)18(22-12-21-15)20-10-16(13-4-7-25-11-13)23-5-8-24-9-6-23/h1-3,12-13,16H,4-11H2,(H,20,21,22)/t13-,16-/m0/s1. The highest BCUT2D eigenvalue weighted by atomic mass is 19.1. The van der Waals surface area contributed by atoms with Crippen LogP contribution < -0.4 is 5.32 Å². The topological polar surface area (TPSA) is 59.5 Å². The number of benzene rings is 1. The second-order valence-corrected chi connectivity index (χ2v) is 6.58. The molecule has 7 heteroatoms. The van der Waals surface area contributed by atoms with Gasteiger partial charge in [-0.2, -0.15) is 0 Å². The fourth-order valence-corrected chi connectivity index (χ4v) is 3.76. The van der Waals surface area contributed by atoms with E-state index in [1.54, 1.807) is 12.1 Å². The first-order valence-corrected chi connectivity index (χ1v) is 8.85. The molecule has 0 aliphatic carbocycles. The Morgan fingerprint density at radius 2 is 2.08 bits per heavy atom. The van der Waals surface area contributed by atoms with Crippen LogP contribution in [-0.4, -0.2) is 67.0 Å². The Morgan fingerprint density at radius 1 is 1.20 bits per heavy atom. The highest BCUT2D eigenvalue weighted by molar-refractivity contribution is 5.89. The van der Waals surface area contributed by atoms with Crippen LogP contribution in [-0.2, 0) is 9.47 Å². The Hall–Kier alpha value is -1.83. The molecule has 0 saturated carbocycles. The summed E-state index contributed by atoms with van der Waals surface area (Å²) in [5, 5.41) is 3.83. The third-order valence-electron chi connectivity index (χ3n) is 5.11. The molecule has 2 saturated heterocycles. The van der Waals surface area contributed by atoms with E-state index in [0.717, 1.165) is 45.9 Å². The van der Waals surface area contributed by atoms with Gasteiger partial charge in [0.15, 0.2) is 0 Å². The Balaban J connectivity index is 1.54. The van der Waals surface area contributed by atoms with Gasteiger partial charge in [0.05, 0.1) is 30.7 Å². The van der Waals surface area contributed by atoms with Crippen LogP contribution in [0.1, 0.15) is 6.42 Å². The number of nitrogens with zero attached hydrogens (tertiary/aromatic N) is 3. The highest BCUT2D eigenvalue weighted by Crippen LogP contribution is 2.25. The zero-order valence-electron chi connectivity index (χ0n) is 14.2. The fourth-order valence-electron chi connectivity index (χ4n) is 3.76. The van der Waals surface area contributed by atoms with Crippen molar-refractivity contribution in [2.45, 2.75) is 12.5 Å². The number of aromatic nitrogens is 2. The third kappa shape index (κ3) is 3.58. The van der Waals surface area contributed by atoms with Crippen molar-refractivity contribution >= 4 is 16.7 Å². The van der Waals surface area contributed by atoms with Gasteiger partial charge >= 0.3 is 0 Å². The summed E-state index contributed by atoms with van der Waals surface area (Å²) >= 11 is 0. The average Bonchev–Trinajstić information content (AvgIpc) is 3.17. The number of ether oxygens (including phenoxy) is 2. The van der Waals surface area contributed by atoms with Crippen LogP contribution in [0, 0.1) is 11.7 Å². The van der Waals surface area contributed by atoms with E-state index in [1.807, 2.05) is 0 Å². The first-order chi connectivity index (χ1) is 12.3. The molecule has 2 atom stereocenters. The minimum atomic E-state index is -0.298. The molecule has 1 aromatic heterocycles. The molecule has 0 bridgehead atoms. The summed E-state index contributed by atoms with van der Waals surface area (Å²) in [6.07, 6.45) is 2.54. The lowest BCUT2D eigenvalue weighted by molar-refractivity contribution is 0.00460. The first kappa shape index (κ1) is 16.6. The van der Waals surface area contributed by atoms with E-state index < -0.39 is 0 Å². The maximum absolute atomic E-state index is 14.3. The van der Waals surface area contributed by atoms with Gasteiger partial charge in [-0.15, -0.1) is 0 Å². The molecule has 3 heterocycles. The van der Waals surface area contributed by atoms with E-state index >= 15 is 0 Å². The monoisotopic (exact) mass is 346 g/mol. The van der Waals surface area contributed by atoms with Crippen LogP contribution in [0.3, 0.4) is 0 Å². The largest absolute Gasteiger partial charge is 0.381 e. The van der Waals surface area contributed by atoms with E-state index in [9.17, 15) is 4.39 Å². The number of morpholine rings is 1. The van der Waals surface area contributed by atoms with Crippen LogP contribution in [0.5, 0.6) is 0 Å². The molecule has 25 heavy (non-hydrogen) atoms. The SMILES string of the molecule is Fc1cccc2ncnc(NC[C@@H]([C@H]3CCOC3)N3CCOCC3)c12. The van der Waals surface area contributed by atoms with Crippen molar-refractivity contribution < 1.29 is 13.9 Å². The molecular weight excluding hydrogens is 323 g/mol. The lowest BCUT2D eigenvalue weighted by Crippen LogP contribution is -2.50. The Labute approximate surface area is 146 Å². The van der Waals surface area contributed by atoms with Gasteiger partial charge in [-0.3, -0.25) is 4.90 Å². The average molecular weight is 346 g/mol. The molecule has 4 rings (SSSR count). The van der Waals surface area contributed by atoms with Crippen molar-refractivity contribution in [3.63, 3.8) is 0 Å². The Kier molecular flexibility index (Phi) is 5.05. The summed E-state index contributed by atoms with van der Waals surface area (Å²) in [6, 6.07) is 5.24. The van der Waals surface area contributed by atoms with Gasteiger partial charge in [0.1, 0.15) is 18.0 Å². The van der Waals surface area contributed by atoms with Crippen molar-refractivity contribution in [3.8, 4) is 0 Å². The van der Waals surface area contributed by atoms with E-state index in [2.05, 4.69) is 20.2 Å². The fraction of sp³-hybridized carbons (Fsp3) is 0.556. The summed E-state index contributed by atoms with van der Waals surface area (Å²) in [5.74, 6) is 0.733. The summed E-state index contributed by atoms with van der Waals surface area (Å²) in [4.78, 5) is 10.9. The van der Waals surface area contributed by atoms with Crippen LogP contribution in [0.15, 0.2) is 24.5 Å². The van der Waals surface area contributed by atoms with E-state index in [-0.39, 0.29) is 5.82 Å². The molecule has 0 amide bonds. The first-order valence-electron chi connectivity index (χ1n) is 8.85. The minimum absolute atomic E-state index is 0.298. The van der Waals surface area contributed by atoms with Gasteiger partial charge in [-0.25, -0.2) is 14.4 Å². The number of halogens is 1. The number of rotatable bonds is 5. The zero-order chi connectivity index (χ0) is 17.1. The van der Waals surface area contributed by atoms with Crippen molar-refractivity contribution in [2.75, 3.05) is 51.4 Å². The van der Waals surface area contributed by atoms with Crippen LogP contribution in [0.25, 0.3) is 10.9 Å². The number of anilines is 1. The van der Waals surface area contributed by atoms with E-state index in [1.165, 1.54) is 12.4 Å². The second-order valence-electron chi connectivity index (χ2n) is 6.58. The lowest BCUT2D eigenvalue weighted by atomic mass is 9.97. The molecule has 6 nitrogen and oxygen atoms in total. The normalized spacial score (nSPS) is 23.0. The number of nitrogens with one attached hydrogen (secondary N) is 1. The lowest BCUT2D eigenvalue weighted by Gasteiger charge is -2.37. The molecular formula is C18H23FN4O2. The quantitative estimate of drug-likeness (QED) is 0.893. The molecule has 0 spiro atoms. The molecule has 1 N–H and O–H groups in total. The number of hydrogen-bond acceptors (Lipinski definition) is 6. The van der Waals surface area contributed by atoms with Crippen LogP contribution in [0.4, 0.5) is 10.2 Å². The molecule has 0 unspecified atom stereocenters. The summed E-state index contributed by atoms with van der Waals surface area (Å²) in [5.41, 5.74) is 0.615. The smallest absolute Gasteiger partial charge is 0.140 e. The van der Waals surface area contributed by atoms with E-state index in [0.29, 0.717) is 35.2 Å². The van der Waals surface area contributed by atoms with Crippen molar-refractivity contribution in [1.29, 1.82) is 0 Å². The van der Waals surface area contributed by atoms with Crippen molar-refractivity contribution in [2.24, 2.45) is 5.92 Å². The Bertz CT molecular complexity index is 712. The van der Waals surface area contributed by atoms with E-state index in [4.69, 9.17) is 9.47 Å². The molecule has 2 aromatic rings. The predicted molar refractivity (Wildman–Crippen MR) is 93.1 cm³/mol. The van der Waals surface area contributed by atoms with Gasteiger partial charge in [-0.1, -0.05) is 6.07 Å².